The topological polar surface area (TPSA) is 132 Å². The van der Waals surface area contributed by atoms with Crippen LogP contribution in [0.2, 0.25) is 0 Å². The summed E-state index contributed by atoms with van der Waals surface area (Å²) in [6, 6.07) is 5.58. The van der Waals surface area contributed by atoms with Crippen molar-refractivity contribution in [1.29, 1.82) is 0 Å². The Balaban J connectivity index is 2.15. The Morgan fingerprint density at radius 1 is 1.32 bits per heavy atom. The number of rotatable bonds is 7. The summed E-state index contributed by atoms with van der Waals surface area (Å²) in [5.41, 5.74) is 0.854. The van der Waals surface area contributed by atoms with E-state index in [0.717, 1.165) is 0 Å². The van der Waals surface area contributed by atoms with E-state index in [9.17, 15) is 14.4 Å². The number of nitrogens with one attached hydrogen (secondary N) is 1. The maximum Gasteiger partial charge on any atom is 0.307 e. The number of carbonyl (C=O) groups excluding carboxylic acids is 2. The molecule has 2 N–H and O–H groups in total. The molecule has 0 fully saturated rings. The molecule has 1 aromatic heterocycles. The molecule has 0 saturated carbocycles. The van der Waals surface area contributed by atoms with Crippen LogP contribution in [0.3, 0.4) is 0 Å². The summed E-state index contributed by atoms with van der Waals surface area (Å²) in [7, 11) is 1.19. The van der Waals surface area contributed by atoms with Gasteiger partial charge in [-0.25, -0.2) is 0 Å². The average molecular weight is 347 g/mol. The Labute approximate surface area is 143 Å². The lowest BCUT2D eigenvalue weighted by atomic mass is 10.1. The van der Waals surface area contributed by atoms with Crippen LogP contribution in [0.4, 0.5) is 0 Å². The summed E-state index contributed by atoms with van der Waals surface area (Å²) in [5.74, 6) is -1.53. The third kappa shape index (κ3) is 5.13. The second kappa shape index (κ2) is 8.04. The molecule has 0 radical (unpaired) electrons. The zero-order chi connectivity index (χ0) is 18.4. The van der Waals surface area contributed by atoms with Crippen molar-refractivity contribution in [1.82, 2.24) is 15.5 Å². The predicted molar refractivity (Wildman–Crippen MR) is 84.6 cm³/mol. The van der Waals surface area contributed by atoms with E-state index in [0.29, 0.717) is 17.3 Å². The molecule has 0 bridgehead atoms. The highest BCUT2D eigenvalue weighted by Crippen LogP contribution is 2.17. The lowest BCUT2D eigenvalue weighted by Crippen LogP contribution is -2.38. The maximum atomic E-state index is 12.4. The van der Waals surface area contributed by atoms with Crippen LogP contribution in [0.25, 0.3) is 11.4 Å². The van der Waals surface area contributed by atoms with Crippen molar-refractivity contribution in [2.24, 2.45) is 0 Å². The van der Waals surface area contributed by atoms with Crippen molar-refractivity contribution in [2.45, 2.75) is 25.8 Å². The smallest absolute Gasteiger partial charge is 0.307 e. The van der Waals surface area contributed by atoms with Crippen molar-refractivity contribution in [3.05, 3.63) is 35.7 Å². The molecule has 2 rings (SSSR count). The molecule has 2 aromatic rings. The molecule has 1 amide bonds. The van der Waals surface area contributed by atoms with Crippen molar-refractivity contribution in [3.63, 3.8) is 0 Å². The molecule has 1 aromatic carbocycles. The largest absolute Gasteiger partial charge is 0.481 e. The molecule has 0 saturated heterocycles. The summed E-state index contributed by atoms with van der Waals surface area (Å²) in [6.07, 6.45) is -0.636. The minimum Gasteiger partial charge on any atom is -0.481 e. The maximum absolute atomic E-state index is 12.4. The Morgan fingerprint density at radius 3 is 2.68 bits per heavy atom. The van der Waals surface area contributed by atoms with Gasteiger partial charge >= 0.3 is 11.9 Å². The Kier molecular flexibility index (Phi) is 5.83. The second-order valence-electron chi connectivity index (χ2n) is 5.27. The van der Waals surface area contributed by atoms with E-state index in [1.807, 2.05) is 0 Å². The van der Waals surface area contributed by atoms with E-state index >= 15 is 0 Å². The summed E-state index contributed by atoms with van der Waals surface area (Å²) in [6.45, 7) is 1.65. The standard InChI is InChI=1S/C16H17N3O6/c1-9-17-15(19-25-9)10-4-3-5-11(6-10)16(23)18-12(7-13(20)21)8-14(22)24-2/h3-6,12H,7-8H2,1-2H3,(H,18,23)(H,20,21). The van der Waals surface area contributed by atoms with Crippen LogP contribution in [-0.4, -0.2) is 46.2 Å². The molecular weight excluding hydrogens is 330 g/mol. The third-order valence-electron chi connectivity index (χ3n) is 3.31. The quantitative estimate of drug-likeness (QED) is 0.714. The molecule has 0 aliphatic carbocycles. The van der Waals surface area contributed by atoms with Gasteiger partial charge in [0.05, 0.1) is 26.0 Å². The molecule has 132 valence electrons. The Bertz CT molecular complexity index is 786. The van der Waals surface area contributed by atoms with Gasteiger partial charge in [-0.1, -0.05) is 17.3 Å². The first-order valence-electron chi connectivity index (χ1n) is 7.39. The number of benzene rings is 1. The first-order valence-corrected chi connectivity index (χ1v) is 7.39. The van der Waals surface area contributed by atoms with Crippen molar-refractivity contribution in [3.8, 4) is 11.4 Å². The molecular formula is C16H17N3O6. The van der Waals surface area contributed by atoms with Crippen molar-refractivity contribution >= 4 is 17.8 Å². The summed E-state index contributed by atoms with van der Waals surface area (Å²) < 4.78 is 9.42. The number of hydrogen-bond acceptors (Lipinski definition) is 7. The highest BCUT2D eigenvalue weighted by atomic mass is 16.5. The van der Waals surface area contributed by atoms with Gasteiger partial charge in [-0.05, 0) is 12.1 Å². The van der Waals surface area contributed by atoms with Gasteiger partial charge in [0.2, 0.25) is 11.7 Å². The van der Waals surface area contributed by atoms with E-state index in [1.165, 1.54) is 7.11 Å². The number of carboxylic acid groups (broad SMARTS) is 1. The first kappa shape index (κ1) is 18.1. The monoisotopic (exact) mass is 347 g/mol. The van der Waals surface area contributed by atoms with Gasteiger partial charge in [0.15, 0.2) is 0 Å². The number of aryl methyl sites for hydroxylation is 1. The molecule has 0 aliphatic heterocycles. The number of carboxylic acids is 1. The second-order valence-corrected chi connectivity index (χ2v) is 5.27. The highest BCUT2D eigenvalue weighted by Gasteiger charge is 2.21. The van der Waals surface area contributed by atoms with E-state index in [-0.39, 0.29) is 12.0 Å². The van der Waals surface area contributed by atoms with E-state index in [2.05, 4.69) is 20.2 Å². The van der Waals surface area contributed by atoms with Gasteiger partial charge in [0, 0.05) is 18.1 Å². The van der Waals surface area contributed by atoms with Gasteiger partial charge in [-0.3, -0.25) is 14.4 Å². The van der Waals surface area contributed by atoms with Gasteiger partial charge in [0.25, 0.3) is 5.91 Å². The third-order valence-corrected chi connectivity index (χ3v) is 3.31. The van der Waals surface area contributed by atoms with Gasteiger partial charge < -0.3 is 19.7 Å². The van der Waals surface area contributed by atoms with Crippen molar-refractivity contribution < 1.29 is 28.8 Å². The first-order chi connectivity index (χ1) is 11.9. The number of aliphatic carboxylic acids is 1. The fourth-order valence-corrected chi connectivity index (χ4v) is 2.15. The lowest BCUT2D eigenvalue weighted by molar-refractivity contribution is -0.142. The van der Waals surface area contributed by atoms with Crippen LogP contribution < -0.4 is 5.32 Å². The number of amides is 1. The normalized spacial score (nSPS) is 11.6. The van der Waals surface area contributed by atoms with Gasteiger partial charge in [0.1, 0.15) is 0 Å². The molecule has 1 atom stereocenters. The number of carbonyl (C=O) groups is 3. The molecule has 1 heterocycles. The number of aromatic nitrogens is 2. The Morgan fingerprint density at radius 2 is 2.08 bits per heavy atom. The number of esters is 1. The summed E-state index contributed by atoms with van der Waals surface area (Å²) in [5, 5.41) is 15.2. The fourth-order valence-electron chi connectivity index (χ4n) is 2.15. The number of hydrogen-bond donors (Lipinski definition) is 2. The van der Waals surface area contributed by atoms with E-state index in [4.69, 9.17) is 9.63 Å². The number of methoxy groups -OCH3 is 1. The average Bonchev–Trinajstić information content (AvgIpc) is 3.00. The van der Waals surface area contributed by atoms with E-state index in [1.54, 1.807) is 31.2 Å². The lowest BCUT2D eigenvalue weighted by Gasteiger charge is -2.16. The zero-order valence-electron chi connectivity index (χ0n) is 13.7. The van der Waals surface area contributed by atoms with Crippen LogP contribution in [0.15, 0.2) is 28.8 Å². The summed E-state index contributed by atoms with van der Waals surface area (Å²) >= 11 is 0. The highest BCUT2D eigenvalue weighted by molar-refractivity contribution is 5.96. The molecule has 0 aliphatic rings. The van der Waals surface area contributed by atoms with E-state index < -0.39 is 30.3 Å². The number of nitrogens with zero attached hydrogens (tertiary/aromatic N) is 2. The van der Waals surface area contributed by atoms with Crippen LogP contribution in [0.5, 0.6) is 0 Å². The van der Waals surface area contributed by atoms with Crippen LogP contribution in [-0.2, 0) is 14.3 Å². The predicted octanol–water partition coefficient (Wildman–Crippen LogP) is 1.18. The minimum absolute atomic E-state index is 0.238. The number of ether oxygens (including phenoxy) is 1. The van der Waals surface area contributed by atoms with Crippen LogP contribution in [0, 0.1) is 6.92 Å². The molecule has 9 heteroatoms. The SMILES string of the molecule is COC(=O)CC(CC(=O)O)NC(=O)c1cccc(-c2noc(C)n2)c1. The van der Waals surface area contributed by atoms with Crippen molar-refractivity contribution in [2.75, 3.05) is 7.11 Å². The van der Waals surface area contributed by atoms with Gasteiger partial charge in [-0.2, -0.15) is 4.98 Å². The van der Waals surface area contributed by atoms with Gasteiger partial charge in [-0.15, -0.1) is 0 Å². The molecule has 0 spiro atoms. The van der Waals surface area contributed by atoms with Crippen LogP contribution in [0.1, 0.15) is 29.1 Å². The Hall–Kier alpha value is -3.23. The zero-order valence-corrected chi connectivity index (χ0v) is 13.7. The minimum atomic E-state index is -1.13. The molecule has 9 nitrogen and oxygen atoms in total. The summed E-state index contributed by atoms with van der Waals surface area (Å²) in [4.78, 5) is 38.7. The molecule has 25 heavy (non-hydrogen) atoms. The van der Waals surface area contributed by atoms with Crippen LogP contribution >= 0.6 is 0 Å². The molecule has 1 unspecified atom stereocenters. The fraction of sp³-hybridized carbons (Fsp3) is 0.312.